The molecule has 104 valence electrons. The Labute approximate surface area is 114 Å². The number of rotatable bonds is 5. The number of carbonyl (C=O) groups excluding carboxylic acids is 1. The lowest BCUT2D eigenvalue weighted by Crippen LogP contribution is -2.32. The minimum atomic E-state index is -0.0305. The SMILES string of the molecule is CCC1OCCC1CNC(=O)c1cccc(CN)c1. The van der Waals surface area contributed by atoms with Gasteiger partial charge in [0.1, 0.15) is 0 Å². The van der Waals surface area contributed by atoms with Crippen molar-refractivity contribution in [3.8, 4) is 0 Å². The van der Waals surface area contributed by atoms with Crippen molar-refractivity contribution < 1.29 is 9.53 Å². The number of benzene rings is 1. The lowest BCUT2D eigenvalue weighted by atomic mass is 9.99. The smallest absolute Gasteiger partial charge is 0.251 e. The van der Waals surface area contributed by atoms with Crippen molar-refractivity contribution in [3.05, 3.63) is 35.4 Å². The molecular formula is C15H22N2O2. The van der Waals surface area contributed by atoms with Crippen LogP contribution >= 0.6 is 0 Å². The Morgan fingerprint density at radius 1 is 1.53 bits per heavy atom. The highest BCUT2D eigenvalue weighted by Crippen LogP contribution is 2.22. The molecule has 1 aliphatic rings. The van der Waals surface area contributed by atoms with Crippen LogP contribution in [0.2, 0.25) is 0 Å². The zero-order valence-corrected chi connectivity index (χ0v) is 11.4. The Kier molecular flexibility index (Phi) is 4.93. The second kappa shape index (κ2) is 6.68. The molecule has 0 bridgehead atoms. The number of nitrogens with two attached hydrogens (primary N) is 1. The third kappa shape index (κ3) is 3.55. The highest BCUT2D eigenvalue weighted by atomic mass is 16.5. The average molecular weight is 262 g/mol. The Morgan fingerprint density at radius 3 is 3.11 bits per heavy atom. The third-order valence-electron chi connectivity index (χ3n) is 3.70. The molecule has 0 aromatic heterocycles. The standard InChI is InChI=1S/C15H22N2O2/c1-2-14-13(6-7-19-14)10-17-15(18)12-5-3-4-11(8-12)9-16/h3-5,8,13-14H,2,6-7,9-10,16H2,1H3,(H,17,18). The van der Waals surface area contributed by atoms with Crippen LogP contribution in [0.5, 0.6) is 0 Å². The Hall–Kier alpha value is -1.39. The number of hydrogen-bond donors (Lipinski definition) is 2. The molecule has 2 atom stereocenters. The highest BCUT2D eigenvalue weighted by Gasteiger charge is 2.26. The van der Waals surface area contributed by atoms with Crippen molar-refractivity contribution in [2.45, 2.75) is 32.4 Å². The Morgan fingerprint density at radius 2 is 2.37 bits per heavy atom. The van der Waals surface area contributed by atoms with E-state index in [1.807, 2.05) is 24.3 Å². The van der Waals surface area contributed by atoms with E-state index in [4.69, 9.17) is 10.5 Å². The van der Waals surface area contributed by atoms with Gasteiger partial charge in [-0.05, 0) is 30.5 Å². The van der Waals surface area contributed by atoms with E-state index in [1.165, 1.54) is 0 Å². The van der Waals surface area contributed by atoms with Gasteiger partial charge in [-0.2, -0.15) is 0 Å². The summed E-state index contributed by atoms with van der Waals surface area (Å²) >= 11 is 0. The number of amides is 1. The molecule has 0 spiro atoms. The van der Waals surface area contributed by atoms with Crippen molar-refractivity contribution in [2.75, 3.05) is 13.2 Å². The predicted molar refractivity (Wildman–Crippen MR) is 74.8 cm³/mol. The van der Waals surface area contributed by atoms with Crippen molar-refractivity contribution in [2.24, 2.45) is 11.7 Å². The second-order valence-electron chi connectivity index (χ2n) is 4.98. The van der Waals surface area contributed by atoms with Gasteiger partial charge in [0, 0.05) is 31.2 Å². The predicted octanol–water partition coefficient (Wildman–Crippen LogP) is 1.69. The van der Waals surface area contributed by atoms with Crippen LogP contribution in [0, 0.1) is 5.92 Å². The molecule has 3 N–H and O–H groups in total. The number of carbonyl (C=O) groups is 1. The van der Waals surface area contributed by atoms with Crippen LogP contribution in [0.4, 0.5) is 0 Å². The van der Waals surface area contributed by atoms with E-state index in [1.54, 1.807) is 0 Å². The highest BCUT2D eigenvalue weighted by molar-refractivity contribution is 5.94. The molecule has 2 unspecified atom stereocenters. The zero-order chi connectivity index (χ0) is 13.7. The van der Waals surface area contributed by atoms with E-state index >= 15 is 0 Å². The van der Waals surface area contributed by atoms with Gasteiger partial charge >= 0.3 is 0 Å². The molecule has 1 saturated heterocycles. The van der Waals surface area contributed by atoms with E-state index in [-0.39, 0.29) is 12.0 Å². The van der Waals surface area contributed by atoms with Gasteiger partial charge in [0.2, 0.25) is 0 Å². The van der Waals surface area contributed by atoms with Crippen molar-refractivity contribution >= 4 is 5.91 Å². The maximum absolute atomic E-state index is 12.1. The summed E-state index contributed by atoms with van der Waals surface area (Å²) in [7, 11) is 0. The molecule has 2 rings (SSSR count). The first-order chi connectivity index (χ1) is 9.24. The van der Waals surface area contributed by atoms with Gasteiger partial charge in [0.25, 0.3) is 5.91 Å². The summed E-state index contributed by atoms with van der Waals surface area (Å²) in [6.45, 7) is 4.07. The van der Waals surface area contributed by atoms with Gasteiger partial charge in [-0.25, -0.2) is 0 Å². The summed E-state index contributed by atoms with van der Waals surface area (Å²) in [4.78, 5) is 12.1. The fraction of sp³-hybridized carbons (Fsp3) is 0.533. The van der Waals surface area contributed by atoms with Crippen molar-refractivity contribution in [1.82, 2.24) is 5.32 Å². The molecular weight excluding hydrogens is 240 g/mol. The van der Waals surface area contributed by atoms with E-state index in [0.717, 1.165) is 25.0 Å². The molecule has 4 heteroatoms. The molecule has 0 aliphatic carbocycles. The van der Waals surface area contributed by atoms with Gasteiger partial charge in [-0.1, -0.05) is 19.1 Å². The van der Waals surface area contributed by atoms with Crippen LogP contribution in [-0.4, -0.2) is 25.2 Å². The summed E-state index contributed by atoms with van der Waals surface area (Å²) < 4.78 is 5.62. The quantitative estimate of drug-likeness (QED) is 0.848. The first-order valence-corrected chi connectivity index (χ1v) is 6.93. The molecule has 1 aromatic rings. The molecule has 1 fully saturated rings. The Balaban J connectivity index is 1.90. The fourth-order valence-corrected chi connectivity index (χ4v) is 2.54. The third-order valence-corrected chi connectivity index (χ3v) is 3.70. The molecule has 0 saturated carbocycles. The molecule has 4 nitrogen and oxygen atoms in total. The number of nitrogens with one attached hydrogen (secondary N) is 1. The minimum Gasteiger partial charge on any atom is -0.378 e. The lowest BCUT2D eigenvalue weighted by molar-refractivity contribution is 0.0827. The fourth-order valence-electron chi connectivity index (χ4n) is 2.54. The summed E-state index contributed by atoms with van der Waals surface area (Å²) in [5.74, 6) is 0.406. The second-order valence-corrected chi connectivity index (χ2v) is 4.98. The molecule has 0 radical (unpaired) electrons. The van der Waals surface area contributed by atoms with Crippen LogP contribution < -0.4 is 11.1 Å². The van der Waals surface area contributed by atoms with E-state index in [0.29, 0.717) is 24.6 Å². The van der Waals surface area contributed by atoms with Crippen LogP contribution in [0.15, 0.2) is 24.3 Å². The van der Waals surface area contributed by atoms with Gasteiger partial charge in [0.05, 0.1) is 6.10 Å². The summed E-state index contributed by atoms with van der Waals surface area (Å²) in [6.07, 6.45) is 2.32. The van der Waals surface area contributed by atoms with Crippen molar-refractivity contribution in [3.63, 3.8) is 0 Å². The number of hydrogen-bond acceptors (Lipinski definition) is 3. The molecule has 1 heterocycles. The Bertz CT molecular complexity index is 434. The topological polar surface area (TPSA) is 64.3 Å². The van der Waals surface area contributed by atoms with Gasteiger partial charge < -0.3 is 15.8 Å². The van der Waals surface area contributed by atoms with E-state index < -0.39 is 0 Å². The van der Waals surface area contributed by atoms with Crippen LogP contribution in [0.25, 0.3) is 0 Å². The van der Waals surface area contributed by atoms with Gasteiger partial charge in [-0.3, -0.25) is 4.79 Å². The summed E-state index contributed by atoms with van der Waals surface area (Å²) in [5, 5.41) is 3.00. The molecule has 1 aliphatic heterocycles. The average Bonchev–Trinajstić information content (AvgIpc) is 2.92. The van der Waals surface area contributed by atoms with Gasteiger partial charge in [-0.15, -0.1) is 0 Å². The largest absolute Gasteiger partial charge is 0.378 e. The van der Waals surface area contributed by atoms with Gasteiger partial charge in [0.15, 0.2) is 0 Å². The van der Waals surface area contributed by atoms with Crippen LogP contribution in [-0.2, 0) is 11.3 Å². The summed E-state index contributed by atoms with van der Waals surface area (Å²) in [6, 6.07) is 7.45. The normalized spacial score (nSPS) is 22.4. The van der Waals surface area contributed by atoms with E-state index in [2.05, 4.69) is 12.2 Å². The summed E-state index contributed by atoms with van der Waals surface area (Å²) in [5.41, 5.74) is 7.23. The monoisotopic (exact) mass is 262 g/mol. The zero-order valence-electron chi connectivity index (χ0n) is 11.4. The molecule has 1 amide bonds. The molecule has 1 aromatic carbocycles. The lowest BCUT2D eigenvalue weighted by Gasteiger charge is -2.17. The van der Waals surface area contributed by atoms with Crippen molar-refractivity contribution in [1.29, 1.82) is 0 Å². The number of ether oxygens (including phenoxy) is 1. The van der Waals surface area contributed by atoms with E-state index in [9.17, 15) is 4.79 Å². The minimum absolute atomic E-state index is 0.0305. The maximum atomic E-state index is 12.1. The first-order valence-electron chi connectivity index (χ1n) is 6.93. The maximum Gasteiger partial charge on any atom is 0.251 e. The van der Waals surface area contributed by atoms with Crippen LogP contribution in [0.1, 0.15) is 35.7 Å². The first kappa shape index (κ1) is 14.0. The molecule has 19 heavy (non-hydrogen) atoms. The van der Waals surface area contributed by atoms with Crippen LogP contribution in [0.3, 0.4) is 0 Å².